The van der Waals surface area contributed by atoms with Crippen LogP contribution in [0.25, 0.3) is 0 Å². The van der Waals surface area contributed by atoms with Gasteiger partial charge in [-0.1, -0.05) is 13.8 Å². The summed E-state index contributed by atoms with van der Waals surface area (Å²) in [6.45, 7) is 3.93. The van der Waals surface area contributed by atoms with Crippen LogP contribution in [0.1, 0.15) is 26.7 Å². The zero-order valence-corrected chi connectivity index (χ0v) is 8.74. The number of alkyl carbamates (subject to hydrolysis) is 1. The Labute approximate surface area is 83.4 Å². The molecule has 0 aliphatic rings. The van der Waals surface area contributed by atoms with Crippen molar-refractivity contribution >= 4 is 12.1 Å². The maximum atomic E-state index is 10.9. The molecular formula is C9H17NO4. The number of hydrogen-bond acceptors (Lipinski definition) is 3. The Hall–Kier alpha value is -1.26. The molecule has 5 nitrogen and oxygen atoms in total. The molecule has 0 spiro atoms. The second kappa shape index (κ2) is 6.23. The van der Waals surface area contributed by atoms with E-state index in [1.54, 1.807) is 0 Å². The van der Waals surface area contributed by atoms with E-state index in [-0.39, 0.29) is 12.5 Å². The van der Waals surface area contributed by atoms with Crippen LogP contribution in [0.3, 0.4) is 0 Å². The standard InChI is InChI=1S/C9H17NO4/c1-6(2)4-7(5-8(11)12)10-9(13)14-3/h6-7H,4-5H2,1-3H3,(H,10,13)(H,11,12)/t7-/m1/s1. The lowest BCUT2D eigenvalue weighted by atomic mass is 10.0. The van der Waals surface area contributed by atoms with Crippen molar-refractivity contribution in [2.45, 2.75) is 32.7 Å². The molecule has 82 valence electrons. The van der Waals surface area contributed by atoms with E-state index in [4.69, 9.17) is 5.11 Å². The van der Waals surface area contributed by atoms with Crippen LogP contribution in [0, 0.1) is 5.92 Å². The normalized spacial score (nSPS) is 12.3. The molecule has 2 N–H and O–H groups in total. The number of nitrogens with one attached hydrogen (secondary N) is 1. The summed E-state index contributed by atoms with van der Waals surface area (Å²) in [4.78, 5) is 21.3. The number of carbonyl (C=O) groups excluding carboxylic acids is 1. The van der Waals surface area contributed by atoms with Gasteiger partial charge < -0.3 is 15.2 Å². The van der Waals surface area contributed by atoms with Crippen LogP contribution < -0.4 is 5.32 Å². The van der Waals surface area contributed by atoms with E-state index in [9.17, 15) is 9.59 Å². The second-order valence-corrected chi connectivity index (χ2v) is 3.56. The Morgan fingerprint density at radius 3 is 2.36 bits per heavy atom. The first kappa shape index (κ1) is 12.7. The zero-order valence-electron chi connectivity index (χ0n) is 8.74. The highest BCUT2D eigenvalue weighted by molar-refractivity contribution is 5.71. The molecule has 0 aromatic heterocycles. The summed E-state index contributed by atoms with van der Waals surface area (Å²) >= 11 is 0. The van der Waals surface area contributed by atoms with Gasteiger partial charge in [0.15, 0.2) is 0 Å². The highest BCUT2D eigenvalue weighted by Crippen LogP contribution is 2.08. The summed E-state index contributed by atoms with van der Waals surface area (Å²) in [5.74, 6) is -0.594. The smallest absolute Gasteiger partial charge is 0.407 e. The van der Waals surface area contributed by atoms with Gasteiger partial charge in [0.25, 0.3) is 0 Å². The van der Waals surface area contributed by atoms with Crippen LogP contribution in [0.5, 0.6) is 0 Å². The molecular weight excluding hydrogens is 186 g/mol. The average molecular weight is 203 g/mol. The van der Waals surface area contributed by atoms with Crippen LogP contribution >= 0.6 is 0 Å². The fourth-order valence-corrected chi connectivity index (χ4v) is 1.20. The molecule has 1 amide bonds. The van der Waals surface area contributed by atoms with E-state index in [1.807, 2.05) is 13.8 Å². The summed E-state index contributed by atoms with van der Waals surface area (Å²) < 4.78 is 4.40. The average Bonchev–Trinajstić information content (AvgIpc) is 2.01. The number of hydrogen-bond donors (Lipinski definition) is 2. The fraction of sp³-hybridized carbons (Fsp3) is 0.778. The Morgan fingerprint density at radius 2 is 2.00 bits per heavy atom. The zero-order chi connectivity index (χ0) is 11.1. The Kier molecular flexibility index (Phi) is 5.67. The van der Waals surface area contributed by atoms with Crippen LogP contribution in [0.4, 0.5) is 4.79 Å². The number of carboxylic acid groups (broad SMARTS) is 1. The van der Waals surface area contributed by atoms with Crippen LogP contribution in [0.15, 0.2) is 0 Å². The molecule has 1 atom stereocenters. The maximum Gasteiger partial charge on any atom is 0.407 e. The third kappa shape index (κ3) is 6.28. The molecule has 0 saturated heterocycles. The van der Waals surface area contributed by atoms with Crippen molar-refractivity contribution in [3.8, 4) is 0 Å². The number of methoxy groups -OCH3 is 1. The van der Waals surface area contributed by atoms with Gasteiger partial charge in [-0.15, -0.1) is 0 Å². The number of aliphatic carboxylic acids is 1. The molecule has 0 saturated carbocycles. The second-order valence-electron chi connectivity index (χ2n) is 3.56. The van der Waals surface area contributed by atoms with Gasteiger partial charge in [0.05, 0.1) is 13.5 Å². The summed E-state index contributed by atoms with van der Waals surface area (Å²) in [5, 5.41) is 11.1. The SMILES string of the molecule is COC(=O)N[C@@H](CC(=O)O)CC(C)C. The minimum atomic E-state index is -0.924. The first-order valence-corrected chi connectivity index (χ1v) is 4.52. The molecule has 0 rings (SSSR count). The van der Waals surface area contributed by atoms with E-state index in [2.05, 4.69) is 10.1 Å². The van der Waals surface area contributed by atoms with Crippen LogP contribution in [-0.2, 0) is 9.53 Å². The maximum absolute atomic E-state index is 10.9. The predicted octanol–water partition coefficient (Wildman–Crippen LogP) is 1.23. The molecule has 0 aliphatic carbocycles. The molecule has 5 heteroatoms. The number of amides is 1. The molecule has 0 bridgehead atoms. The van der Waals surface area contributed by atoms with E-state index in [0.29, 0.717) is 12.3 Å². The van der Waals surface area contributed by atoms with Crippen molar-refractivity contribution in [1.82, 2.24) is 5.32 Å². The first-order valence-electron chi connectivity index (χ1n) is 4.52. The van der Waals surface area contributed by atoms with Gasteiger partial charge in [-0.2, -0.15) is 0 Å². The highest BCUT2D eigenvalue weighted by Gasteiger charge is 2.17. The molecule has 14 heavy (non-hydrogen) atoms. The first-order chi connectivity index (χ1) is 6.45. The lowest BCUT2D eigenvalue weighted by Crippen LogP contribution is -2.37. The Bertz CT molecular complexity index is 203. The Morgan fingerprint density at radius 1 is 1.43 bits per heavy atom. The molecule has 0 aliphatic heterocycles. The molecule has 0 fully saturated rings. The van der Waals surface area contributed by atoms with Crippen molar-refractivity contribution in [2.24, 2.45) is 5.92 Å². The highest BCUT2D eigenvalue weighted by atomic mass is 16.5. The van der Waals surface area contributed by atoms with Crippen LogP contribution in [-0.4, -0.2) is 30.3 Å². The summed E-state index contributed by atoms with van der Waals surface area (Å²) in [6, 6.07) is -0.361. The number of ether oxygens (including phenoxy) is 1. The minimum absolute atomic E-state index is 0.0761. The largest absolute Gasteiger partial charge is 0.481 e. The van der Waals surface area contributed by atoms with Crippen molar-refractivity contribution in [3.63, 3.8) is 0 Å². The lowest BCUT2D eigenvalue weighted by Gasteiger charge is -2.17. The van der Waals surface area contributed by atoms with Gasteiger partial charge in [0.1, 0.15) is 0 Å². The third-order valence-corrected chi connectivity index (χ3v) is 1.68. The molecule has 0 radical (unpaired) electrons. The molecule has 0 unspecified atom stereocenters. The van der Waals surface area contributed by atoms with Gasteiger partial charge >= 0.3 is 12.1 Å². The summed E-state index contributed by atoms with van der Waals surface area (Å²) in [5.41, 5.74) is 0. The fourth-order valence-electron chi connectivity index (χ4n) is 1.20. The third-order valence-electron chi connectivity index (χ3n) is 1.68. The van der Waals surface area contributed by atoms with Gasteiger partial charge in [0.2, 0.25) is 0 Å². The van der Waals surface area contributed by atoms with Crippen molar-refractivity contribution < 1.29 is 19.4 Å². The summed E-state index contributed by atoms with van der Waals surface area (Å²) in [7, 11) is 1.25. The predicted molar refractivity (Wildman–Crippen MR) is 51.0 cm³/mol. The van der Waals surface area contributed by atoms with Crippen molar-refractivity contribution in [3.05, 3.63) is 0 Å². The number of carbonyl (C=O) groups is 2. The quantitative estimate of drug-likeness (QED) is 0.704. The van der Waals surface area contributed by atoms with E-state index >= 15 is 0 Å². The van der Waals surface area contributed by atoms with E-state index in [1.165, 1.54) is 7.11 Å². The minimum Gasteiger partial charge on any atom is -0.481 e. The van der Waals surface area contributed by atoms with Crippen molar-refractivity contribution in [1.29, 1.82) is 0 Å². The number of rotatable bonds is 5. The van der Waals surface area contributed by atoms with Gasteiger partial charge in [-0.05, 0) is 12.3 Å². The lowest BCUT2D eigenvalue weighted by molar-refractivity contribution is -0.137. The van der Waals surface area contributed by atoms with Gasteiger partial charge in [-0.25, -0.2) is 4.79 Å². The van der Waals surface area contributed by atoms with Crippen molar-refractivity contribution in [2.75, 3.05) is 7.11 Å². The topological polar surface area (TPSA) is 75.6 Å². The van der Waals surface area contributed by atoms with E-state index in [0.717, 1.165) is 0 Å². The summed E-state index contributed by atoms with van der Waals surface area (Å²) in [6.07, 6.45) is -0.0359. The van der Waals surface area contributed by atoms with E-state index < -0.39 is 12.1 Å². The van der Waals surface area contributed by atoms with Gasteiger partial charge in [0, 0.05) is 6.04 Å². The van der Waals surface area contributed by atoms with Crippen LogP contribution in [0.2, 0.25) is 0 Å². The Balaban J connectivity index is 4.09. The molecule has 0 aromatic carbocycles. The monoisotopic (exact) mass is 203 g/mol. The molecule has 0 heterocycles. The van der Waals surface area contributed by atoms with Gasteiger partial charge in [-0.3, -0.25) is 4.79 Å². The molecule has 0 aromatic rings. The number of carboxylic acids is 1.